The Balaban J connectivity index is 2.70. The Morgan fingerprint density at radius 3 is 2.67 bits per heavy atom. The molecule has 0 spiro atoms. The van der Waals surface area contributed by atoms with Crippen molar-refractivity contribution in [3.63, 3.8) is 0 Å². The Bertz CT molecular complexity index is 758. The van der Waals surface area contributed by atoms with Gasteiger partial charge in [0.1, 0.15) is 5.75 Å². The predicted octanol–water partition coefficient (Wildman–Crippen LogP) is 1.66. The molecule has 0 aliphatic rings. The molecule has 0 fully saturated rings. The van der Waals surface area contributed by atoms with Crippen molar-refractivity contribution in [3.05, 3.63) is 23.2 Å². The number of aromatic nitrogens is 3. The van der Waals surface area contributed by atoms with E-state index in [0.29, 0.717) is 35.1 Å². The average Bonchev–Trinajstić information content (AvgIpc) is 2.82. The number of benzene rings is 1. The summed E-state index contributed by atoms with van der Waals surface area (Å²) in [6.45, 7) is 2.32. The molecule has 2 rings (SSSR count). The highest BCUT2D eigenvalue weighted by molar-refractivity contribution is 7.89. The molecule has 0 aliphatic carbocycles. The molecule has 1 aromatic carbocycles. The van der Waals surface area contributed by atoms with Crippen molar-refractivity contribution in [2.75, 3.05) is 7.11 Å². The number of ether oxygens (including phenoxy) is 1. The van der Waals surface area contributed by atoms with Gasteiger partial charge in [-0.15, -0.1) is 10.2 Å². The number of nitrogens with zero attached hydrogens (tertiary/aromatic N) is 3. The van der Waals surface area contributed by atoms with Crippen LogP contribution in [0.4, 0.5) is 0 Å². The van der Waals surface area contributed by atoms with Crippen molar-refractivity contribution in [1.29, 1.82) is 0 Å². The quantitative estimate of drug-likeness (QED) is 0.898. The first kappa shape index (κ1) is 15.7. The van der Waals surface area contributed by atoms with Crippen LogP contribution in [0, 0.1) is 0 Å². The Labute approximate surface area is 127 Å². The van der Waals surface area contributed by atoms with Gasteiger partial charge in [0.15, 0.2) is 5.82 Å². The standard InChI is InChI=1S/C12H15ClN4O3S/c1-3-6-17-11(15-16-12(17)21(14,18)19)9-7-8(13)4-5-10(9)20-2/h4-5,7H,3,6H2,1-2H3,(H2,14,18,19). The summed E-state index contributed by atoms with van der Waals surface area (Å²) in [4.78, 5) is 0. The monoisotopic (exact) mass is 330 g/mol. The predicted molar refractivity (Wildman–Crippen MR) is 78.7 cm³/mol. The van der Waals surface area contributed by atoms with Crippen LogP contribution in [0.15, 0.2) is 23.4 Å². The Kier molecular flexibility index (Phi) is 4.50. The van der Waals surface area contributed by atoms with E-state index in [1.165, 1.54) is 11.7 Å². The summed E-state index contributed by atoms with van der Waals surface area (Å²) in [5.74, 6) is 0.866. The normalized spacial score (nSPS) is 11.6. The minimum atomic E-state index is -3.96. The van der Waals surface area contributed by atoms with Crippen molar-refractivity contribution in [2.24, 2.45) is 5.14 Å². The molecule has 1 heterocycles. The van der Waals surface area contributed by atoms with Crippen LogP contribution in [0.25, 0.3) is 11.4 Å². The summed E-state index contributed by atoms with van der Waals surface area (Å²) in [5, 5.41) is 13.0. The molecule has 0 radical (unpaired) electrons. The van der Waals surface area contributed by atoms with Crippen LogP contribution in [0.2, 0.25) is 5.02 Å². The molecule has 0 saturated heterocycles. The van der Waals surface area contributed by atoms with E-state index in [-0.39, 0.29) is 5.16 Å². The Hall–Kier alpha value is -1.64. The molecule has 0 saturated carbocycles. The SMILES string of the molecule is CCCn1c(-c2cc(Cl)ccc2OC)nnc1S(N)(=O)=O. The van der Waals surface area contributed by atoms with E-state index in [4.69, 9.17) is 21.5 Å². The first-order valence-corrected chi connectivity index (χ1v) is 8.10. The van der Waals surface area contributed by atoms with Gasteiger partial charge in [-0.1, -0.05) is 18.5 Å². The van der Waals surface area contributed by atoms with Gasteiger partial charge in [-0.05, 0) is 24.6 Å². The lowest BCUT2D eigenvalue weighted by Gasteiger charge is -2.11. The molecule has 0 bridgehead atoms. The fourth-order valence-corrected chi connectivity index (χ4v) is 2.79. The molecule has 9 heteroatoms. The number of halogens is 1. The third-order valence-corrected chi connectivity index (χ3v) is 3.87. The average molecular weight is 331 g/mol. The number of rotatable bonds is 5. The smallest absolute Gasteiger partial charge is 0.273 e. The first-order chi connectivity index (χ1) is 9.88. The minimum Gasteiger partial charge on any atom is -0.496 e. The molecule has 7 nitrogen and oxygen atoms in total. The summed E-state index contributed by atoms with van der Waals surface area (Å²) in [6.07, 6.45) is 0.691. The van der Waals surface area contributed by atoms with Crippen molar-refractivity contribution in [1.82, 2.24) is 14.8 Å². The van der Waals surface area contributed by atoms with Gasteiger partial charge in [0.2, 0.25) is 0 Å². The molecule has 2 aromatic rings. The third kappa shape index (κ3) is 3.17. The second-order valence-electron chi connectivity index (χ2n) is 4.35. The van der Waals surface area contributed by atoms with Gasteiger partial charge >= 0.3 is 0 Å². The molecule has 0 aliphatic heterocycles. The zero-order valence-electron chi connectivity index (χ0n) is 11.6. The van der Waals surface area contributed by atoms with Gasteiger partial charge in [0.05, 0.1) is 12.7 Å². The van der Waals surface area contributed by atoms with Crippen LogP contribution in [0.3, 0.4) is 0 Å². The number of hydrogen-bond acceptors (Lipinski definition) is 5. The van der Waals surface area contributed by atoms with Crippen LogP contribution in [0.5, 0.6) is 5.75 Å². The van der Waals surface area contributed by atoms with E-state index in [9.17, 15) is 8.42 Å². The van der Waals surface area contributed by atoms with Crippen molar-refractivity contribution < 1.29 is 13.2 Å². The first-order valence-electron chi connectivity index (χ1n) is 6.18. The summed E-state index contributed by atoms with van der Waals surface area (Å²) in [6, 6.07) is 4.99. The number of nitrogens with two attached hydrogens (primary N) is 1. The molecule has 114 valence electrons. The molecular weight excluding hydrogens is 316 g/mol. The molecule has 0 unspecified atom stereocenters. The fourth-order valence-electron chi connectivity index (χ4n) is 1.98. The van der Waals surface area contributed by atoms with Crippen molar-refractivity contribution in [2.45, 2.75) is 25.0 Å². The fraction of sp³-hybridized carbons (Fsp3) is 0.333. The van der Waals surface area contributed by atoms with Gasteiger partial charge in [0.25, 0.3) is 15.2 Å². The Morgan fingerprint density at radius 1 is 1.38 bits per heavy atom. The lowest BCUT2D eigenvalue weighted by molar-refractivity contribution is 0.415. The van der Waals surface area contributed by atoms with Crippen LogP contribution in [0.1, 0.15) is 13.3 Å². The molecule has 1 aromatic heterocycles. The molecule has 0 amide bonds. The third-order valence-electron chi connectivity index (χ3n) is 2.82. The number of primary sulfonamides is 1. The van der Waals surface area contributed by atoms with Gasteiger partial charge in [-0.3, -0.25) is 4.57 Å². The van der Waals surface area contributed by atoms with E-state index in [1.807, 2.05) is 6.92 Å². The molecule has 21 heavy (non-hydrogen) atoms. The van der Waals surface area contributed by atoms with Gasteiger partial charge in [-0.25, -0.2) is 13.6 Å². The van der Waals surface area contributed by atoms with Crippen molar-refractivity contribution >= 4 is 21.6 Å². The highest BCUT2D eigenvalue weighted by atomic mass is 35.5. The lowest BCUT2D eigenvalue weighted by Crippen LogP contribution is -2.19. The van der Waals surface area contributed by atoms with Gasteiger partial charge in [0, 0.05) is 11.6 Å². The Morgan fingerprint density at radius 2 is 2.10 bits per heavy atom. The lowest BCUT2D eigenvalue weighted by atomic mass is 10.2. The second kappa shape index (κ2) is 6.00. The summed E-state index contributed by atoms with van der Waals surface area (Å²) >= 11 is 5.99. The number of methoxy groups -OCH3 is 1. The van der Waals surface area contributed by atoms with Crippen LogP contribution in [-0.2, 0) is 16.6 Å². The largest absolute Gasteiger partial charge is 0.496 e. The second-order valence-corrected chi connectivity index (χ2v) is 6.24. The maximum Gasteiger partial charge on any atom is 0.273 e. The summed E-state index contributed by atoms with van der Waals surface area (Å²) < 4.78 is 29.9. The maximum atomic E-state index is 11.6. The van der Waals surface area contributed by atoms with E-state index in [0.717, 1.165) is 0 Å². The van der Waals surface area contributed by atoms with E-state index in [1.54, 1.807) is 18.2 Å². The zero-order valence-corrected chi connectivity index (χ0v) is 13.1. The highest BCUT2D eigenvalue weighted by Crippen LogP contribution is 2.32. The van der Waals surface area contributed by atoms with Crippen LogP contribution in [-0.4, -0.2) is 30.3 Å². The summed E-state index contributed by atoms with van der Waals surface area (Å²) in [7, 11) is -2.45. The van der Waals surface area contributed by atoms with E-state index >= 15 is 0 Å². The zero-order chi connectivity index (χ0) is 15.6. The maximum absolute atomic E-state index is 11.6. The molecule has 0 atom stereocenters. The van der Waals surface area contributed by atoms with Crippen LogP contribution >= 0.6 is 11.6 Å². The van der Waals surface area contributed by atoms with Gasteiger partial charge in [-0.2, -0.15) is 0 Å². The molecular formula is C12H15ClN4O3S. The van der Waals surface area contributed by atoms with Gasteiger partial charge < -0.3 is 4.74 Å². The van der Waals surface area contributed by atoms with Crippen LogP contribution < -0.4 is 9.88 Å². The summed E-state index contributed by atoms with van der Waals surface area (Å²) in [5.41, 5.74) is 0.556. The highest BCUT2D eigenvalue weighted by Gasteiger charge is 2.23. The molecule has 2 N–H and O–H groups in total. The number of sulfonamides is 1. The topological polar surface area (TPSA) is 100 Å². The minimum absolute atomic E-state index is 0.277. The van der Waals surface area contributed by atoms with Crippen molar-refractivity contribution in [3.8, 4) is 17.1 Å². The van der Waals surface area contributed by atoms with E-state index < -0.39 is 10.0 Å². The van der Waals surface area contributed by atoms with E-state index in [2.05, 4.69) is 10.2 Å². The number of hydrogen-bond donors (Lipinski definition) is 1.